The minimum absolute atomic E-state index is 0.270. The van der Waals surface area contributed by atoms with E-state index in [1.165, 1.54) is 74.5 Å². The Bertz CT molecular complexity index is 1190. The molecule has 3 rings (SSSR count). The fraction of sp³-hybridized carbons (Fsp3) is 0.120. The summed E-state index contributed by atoms with van der Waals surface area (Å²) in [6.45, 7) is 4.28. The van der Waals surface area contributed by atoms with Gasteiger partial charge in [0, 0.05) is 13.8 Å². The molecule has 0 bridgehead atoms. The molecule has 3 aromatic carbocycles. The monoisotopic (exact) mass is 448 g/mol. The van der Waals surface area contributed by atoms with Crippen LogP contribution in [0.4, 0.5) is 0 Å². The first-order chi connectivity index (χ1) is 15.7. The maximum Gasteiger partial charge on any atom is 0.343 e. The molecule has 3 aromatic rings. The SMILES string of the molecule is CC(=O)Oc1ccc(C(=O)Oc2ccc(OC(=O)c3ccc(OC(C)=O)cc3)c(C)c2)cc1. The van der Waals surface area contributed by atoms with Crippen LogP contribution in [-0.2, 0) is 9.59 Å². The summed E-state index contributed by atoms with van der Waals surface area (Å²) in [6, 6.07) is 16.5. The molecule has 0 heterocycles. The van der Waals surface area contributed by atoms with Crippen molar-refractivity contribution >= 4 is 23.9 Å². The van der Waals surface area contributed by atoms with Gasteiger partial charge in [-0.3, -0.25) is 9.59 Å². The molecular formula is C25H20O8. The van der Waals surface area contributed by atoms with E-state index in [4.69, 9.17) is 18.9 Å². The molecule has 168 valence electrons. The second-order valence-electron chi connectivity index (χ2n) is 6.94. The van der Waals surface area contributed by atoms with Crippen LogP contribution in [0, 0.1) is 6.92 Å². The van der Waals surface area contributed by atoms with Crippen molar-refractivity contribution in [3.05, 3.63) is 83.4 Å². The van der Waals surface area contributed by atoms with Gasteiger partial charge in [0.1, 0.15) is 23.0 Å². The lowest BCUT2D eigenvalue weighted by atomic mass is 10.2. The third-order valence-corrected chi connectivity index (χ3v) is 4.26. The summed E-state index contributed by atoms with van der Waals surface area (Å²) in [6.07, 6.45) is 0. The van der Waals surface area contributed by atoms with Gasteiger partial charge in [-0.2, -0.15) is 0 Å². The molecule has 0 saturated heterocycles. The van der Waals surface area contributed by atoms with E-state index in [1.807, 2.05) is 0 Å². The van der Waals surface area contributed by atoms with E-state index in [-0.39, 0.29) is 16.9 Å². The Morgan fingerprint density at radius 2 is 0.970 bits per heavy atom. The maximum atomic E-state index is 12.4. The van der Waals surface area contributed by atoms with E-state index in [1.54, 1.807) is 13.0 Å². The minimum atomic E-state index is -0.596. The lowest BCUT2D eigenvalue weighted by Crippen LogP contribution is -2.11. The molecule has 8 nitrogen and oxygen atoms in total. The van der Waals surface area contributed by atoms with Crippen molar-refractivity contribution in [3.8, 4) is 23.0 Å². The highest BCUT2D eigenvalue weighted by atomic mass is 16.5. The number of benzene rings is 3. The smallest absolute Gasteiger partial charge is 0.343 e. The molecule has 0 unspecified atom stereocenters. The summed E-state index contributed by atoms with van der Waals surface area (Å²) in [4.78, 5) is 46.7. The molecule has 8 heteroatoms. The lowest BCUT2D eigenvalue weighted by molar-refractivity contribution is -0.132. The van der Waals surface area contributed by atoms with Crippen molar-refractivity contribution < 1.29 is 38.1 Å². The number of hydrogen-bond acceptors (Lipinski definition) is 8. The first-order valence-corrected chi connectivity index (χ1v) is 9.83. The van der Waals surface area contributed by atoms with Gasteiger partial charge >= 0.3 is 23.9 Å². The molecule has 33 heavy (non-hydrogen) atoms. The normalized spacial score (nSPS) is 10.2. The van der Waals surface area contributed by atoms with Crippen molar-refractivity contribution in [3.63, 3.8) is 0 Å². The van der Waals surface area contributed by atoms with Crippen molar-refractivity contribution in [1.29, 1.82) is 0 Å². The zero-order chi connectivity index (χ0) is 24.0. The van der Waals surface area contributed by atoms with E-state index >= 15 is 0 Å². The van der Waals surface area contributed by atoms with E-state index in [0.29, 0.717) is 22.8 Å². The summed E-state index contributed by atoms with van der Waals surface area (Å²) in [5.41, 5.74) is 1.13. The Morgan fingerprint density at radius 1 is 0.545 bits per heavy atom. The Balaban J connectivity index is 1.63. The van der Waals surface area contributed by atoms with Crippen LogP contribution in [0.2, 0.25) is 0 Å². The van der Waals surface area contributed by atoms with Crippen molar-refractivity contribution in [1.82, 2.24) is 0 Å². The topological polar surface area (TPSA) is 105 Å². The number of esters is 4. The summed E-state index contributed by atoms with van der Waals surface area (Å²) < 4.78 is 20.6. The van der Waals surface area contributed by atoms with Crippen LogP contribution in [0.1, 0.15) is 40.1 Å². The predicted octanol–water partition coefficient (Wildman–Crippen LogP) is 4.28. The average Bonchev–Trinajstić information content (AvgIpc) is 2.75. The van der Waals surface area contributed by atoms with Gasteiger partial charge in [-0.1, -0.05) is 0 Å². The molecule has 0 saturated carbocycles. The van der Waals surface area contributed by atoms with Gasteiger partial charge in [0.15, 0.2) is 0 Å². The van der Waals surface area contributed by atoms with Crippen LogP contribution < -0.4 is 18.9 Å². The number of carbonyl (C=O) groups excluding carboxylic acids is 4. The predicted molar refractivity (Wildman–Crippen MR) is 117 cm³/mol. The highest BCUT2D eigenvalue weighted by molar-refractivity contribution is 5.92. The number of ether oxygens (including phenoxy) is 4. The molecule has 0 radical (unpaired) electrons. The minimum Gasteiger partial charge on any atom is -0.427 e. The van der Waals surface area contributed by atoms with E-state index in [2.05, 4.69) is 0 Å². The number of hydrogen-bond donors (Lipinski definition) is 0. The van der Waals surface area contributed by atoms with E-state index in [9.17, 15) is 19.2 Å². The van der Waals surface area contributed by atoms with Crippen molar-refractivity contribution in [2.45, 2.75) is 20.8 Å². The average molecular weight is 448 g/mol. The van der Waals surface area contributed by atoms with Crippen LogP contribution in [0.5, 0.6) is 23.0 Å². The van der Waals surface area contributed by atoms with E-state index in [0.717, 1.165) is 0 Å². The molecule has 0 spiro atoms. The standard InChI is InChI=1S/C25H20O8/c1-15-14-22(32-24(28)18-4-8-20(9-5-18)30-16(2)26)12-13-23(15)33-25(29)19-6-10-21(11-7-19)31-17(3)27/h4-14H,1-3H3. The fourth-order valence-electron chi connectivity index (χ4n) is 2.77. The molecule has 0 N–H and O–H groups in total. The molecule has 0 aliphatic rings. The molecule has 0 aliphatic heterocycles. The summed E-state index contributed by atoms with van der Waals surface area (Å²) in [5.74, 6) is -0.890. The summed E-state index contributed by atoms with van der Waals surface area (Å²) in [5, 5.41) is 0. The summed E-state index contributed by atoms with van der Waals surface area (Å²) in [7, 11) is 0. The van der Waals surface area contributed by atoms with Crippen molar-refractivity contribution in [2.75, 3.05) is 0 Å². The fourth-order valence-corrected chi connectivity index (χ4v) is 2.77. The highest BCUT2D eigenvalue weighted by Gasteiger charge is 2.14. The van der Waals surface area contributed by atoms with Gasteiger partial charge < -0.3 is 18.9 Å². The third-order valence-electron chi connectivity index (χ3n) is 4.26. The van der Waals surface area contributed by atoms with Crippen LogP contribution in [0.25, 0.3) is 0 Å². The molecular weight excluding hydrogens is 428 g/mol. The quantitative estimate of drug-likeness (QED) is 0.406. The summed E-state index contributed by atoms with van der Waals surface area (Å²) >= 11 is 0. The lowest BCUT2D eigenvalue weighted by Gasteiger charge is -2.10. The Kier molecular flexibility index (Phi) is 7.20. The number of carbonyl (C=O) groups is 4. The highest BCUT2D eigenvalue weighted by Crippen LogP contribution is 2.25. The number of rotatable bonds is 6. The van der Waals surface area contributed by atoms with Gasteiger partial charge in [0.25, 0.3) is 0 Å². The van der Waals surface area contributed by atoms with Gasteiger partial charge in [0.2, 0.25) is 0 Å². The van der Waals surface area contributed by atoms with Gasteiger partial charge in [-0.25, -0.2) is 9.59 Å². The van der Waals surface area contributed by atoms with Gasteiger partial charge in [0.05, 0.1) is 11.1 Å². The van der Waals surface area contributed by atoms with Gasteiger partial charge in [-0.05, 0) is 79.2 Å². The van der Waals surface area contributed by atoms with E-state index < -0.39 is 23.9 Å². The number of aryl methyl sites for hydroxylation is 1. The van der Waals surface area contributed by atoms with Crippen LogP contribution >= 0.6 is 0 Å². The van der Waals surface area contributed by atoms with Crippen LogP contribution in [0.15, 0.2) is 66.7 Å². The Hall–Kier alpha value is -4.46. The first kappa shape index (κ1) is 23.2. The Morgan fingerprint density at radius 3 is 1.39 bits per heavy atom. The van der Waals surface area contributed by atoms with Crippen LogP contribution in [-0.4, -0.2) is 23.9 Å². The third kappa shape index (κ3) is 6.51. The molecule has 0 amide bonds. The maximum absolute atomic E-state index is 12.4. The first-order valence-electron chi connectivity index (χ1n) is 9.83. The molecule has 0 aliphatic carbocycles. The van der Waals surface area contributed by atoms with Gasteiger partial charge in [-0.15, -0.1) is 0 Å². The largest absolute Gasteiger partial charge is 0.427 e. The second kappa shape index (κ2) is 10.2. The second-order valence-corrected chi connectivity index (χ2v) is 6.94. The molecule has 0 atom stereocenters. The van der Waals surface area contributed by atoms with Crippen LogP contribution in [0.3, 0.4) is 0 Å². The van der Waals surface area contributed by atoms with Crippen molar-refractivity contribution in [2.24, 2.45) is 0 Å². The molecule has 0 fully saturated rings. The zero-order valence-corrected chi connectivity index (χ0v) is 18.1. The Labute approximate surface area is 189 Å². The zero-order valence-electron chi connectivity index (χ0n) is 18.1. The molecule has 0 aromatic heterocycles.